The topological polar surface area (TPSA) is 49.9 Å². The quantitative estimate of drug-likeness (QED) is 0.420. The van der Waals surface area contributed by atoms with Gasteiger partial charge >= 0.3 is 0 Å². The van der Waals surface area contributed by atoms with Crippen molar-refractivity contribution in [2.24, 2.45) is 0 Å². The van der Waals surface area contributed by atoms with Crippen molar-refractivity contribution in [3.63, 3.8) is 0 Å². The van der Waals surface area contributed by atoms with Crippen LogP contribution in [-0.4, -0.2) is 17.1 Å². The molecule has 0 aliphatic rings. The number of hydrogen-bond donors (Lipinski definition) is 2. The molecule has 0 aliphatic heterocycles. The molecule has 0 unspecified atom stereocenters. The summed E-state index contributed by atoms with van der Waals surface area (Å²) in [5.74, 6) is 1.57. The number of ether oxygens (including phenoxy) is 1. The first kappa shape index (κ1) is 18.1. The summed E-state index contributed by atoms with van der Waals surface area (Å²) in [4.78, 5) is 7.21. The van der Waals surface area contributed by atoms with Crippen LogP contribution in [0.5, 0.6) is 5.75 Å². The summed E-state index contributed by atoms with van der Waals surface area (Å²) in [7, 11) is 1.69. The molecule has 4 rings (SSSR count). The fourth-order valence-electron chi connectivity index (χ4n) is 3.16. The molecule has 4 aromatic rings. The Labute approximate surface area is 169 Å². The number of aromatic nitrogens is 2. The van der Waals surface area contributed by atoms with E-state index in [2.05, 4.69) is 51.7 Å². The van der Waals surface area contributed by atoms with Crippen molar-refractivity contribution in [3.8, 4) is 16.9 Å². The molecule has 0 saturated carbocycles. The van der Waals surface area contributed by atoms with Gasteiger partial charge in [0, 0.05) is 28.7 Å². The van der Waals surface area contributed by atoms with Crippen LogP contribution in [0.4, 0.5) is 11.6 Å². The molecular formula is C23H20ClN3O. The Hall–Kier alpha value is -3.24. The Balaban J connectivity index is 1.55. The van der Waals surface area contributed by atoms with Crippen molar-refractivity contribution in [2.75, 3.05) is 12.4 Å². The van der Waals surface area contributed by atoms with Crippen molar-refractivity contribution in [1.82, 2.24) is 9.97 Å². The number of H-pyrrole nitrogens is 1. The summed E-state index contributed by atoms with van der Waals surface area (Å²) in [5.41, 5.74) is 5.52. The molecule has 0 saturated heterocycles. The van der Waals surface area contributed by atoms with Crippen molar-refractivity contribution >= 4 is 23.2 Å². The lowest BCUT2D eigenvalue weighted by Crippen LogP contribution is -1.95. The highest BCUT2D eigenvalue weighted by molar-refractivity contribution is 6.30. The van der Waals surface area contributed by atoms with Crippen LogP contribution in [-0.2, 0) is 6.42 Å². The summed E-state index contributed by atoms with van der Waals surface area (Å²) < 4.78 is 5.55. The monoisotopic (exact) mass is 389 g/mol. The SMILES string of the molecule is COc1ccc(Cc2ccc(Nc3ncc[nH]3)cc2)cc1-c1cccc(Cl)c1. The van der Waals surface area contributed by atoms with E-state index in [-0.39, 0.29) is 0 Å². The maximum Gasteiger partial charge on any atom is 0.204 e. The number of nitrogens with zero attached hydrogens (tertiary/aromatic N) is 1. The number of nitrogens with one attached hydrogen (secondary N) is 2. The highest BCUT2D eigenvalue weighted by Crippen LogP contribution is 2.33. The average molecular weight is 390 g/mol. The Morgan fingerprint density at radius 1 is 1.00 bits per heavy atom. The third-order valence-electron chi connectivity index (χ3n) is 4.52. The molecule has 1 aromatic heterocycles. The third kappa shape index (κ3) is 4.18. The van der Waals surface area contributed by atoms with Crippen LogP contribution in [0.1, 0.15) is 11.1 Å². The smallest absolute Gasteiger partial charge is 0.204 e. The highest BCUT2D eigenvalue weighted by Gasteiger charge is 2.08. The molecule has 0 atom stereocenters. The molecular weight excluding hydrogens is 370 g/mol. The maximum atomic E-state index is 6.17. The van der Waals surface area contributed by atoms with Gasteiger partial charge in [-0.2, -0.15) is 0 Å². The average Bonchev–Trinajstić information content (AvgIpc) is 3.22. The molecule has 0 amide bonds. The molecule has 0 aliphatic carbocycles. The minimum Gasteiger partial charge on any atom is -0.496 e. The van der Waals surface area contributed by atoms with E-state index in [0.29, 0.717) is 5.02 Å². The molecule has 3 aromatic carbocycles. The lowest BCUT2D eigenvalue weighted by molar-refractivity contribution is 0.416. The highest BCUT2D eigenvalue weighted by atomic mass is 35.5. The zero-order chi connectivity index (χ0) is 19.3. The van der Waals surface area contributed by atoms with E-state index in [1.165, 1.54) is 11.1 Å². The van der Waals surface area contributed by atoms with Crippen LogP contribution in [0, 0.1) is 0 Å². The zero-order valence-corrected chi connectivity index (χ0v) is 16.2. The molecule has 2 N–H and O–H groups in total. The second-order valence-electron chi connectivity index (χ2n) is 6.48. The number of anilines is 2. The molecule has 4 nitrogen and oxygen atoms in total. The fourth-order valence-corrected chi connectivity index (χ4v) is 3.35. The van der Waals surface area contributed by atoms with Gasteiger partial charge in [0.2, 0.25) is 5.95 Å². The summed E-state index contributed by atoms with van der Waals surface area (Å²) in [6.45, 7) is 0. The van der Waals surface area contributed by atoms with Gasteiger partial charge in [-0.3, -0.25) is 0 Å². The van der Waals surface area contributed by atoms with E-state index in [1.807, 2.05) is 30.3 Å². The molecule has 0 fully saturated rings. The zero-order valence-electron chi connectivity index (χ0n) is 15.4. The molecule has 0 radical (unpaired) electrons. The van der Waals surface area contributed by atoms with Gasteiger partial charge in [0.15, 0.2) is 0 Å². The van der Waals surface area contributed by atoms with Gasteiger partial charge in [0.1, 0.15) is 5.75 Å². The van der Waals surface area contributed by atoms with Crippen molar-refractivity contribution in [2.45, 2.75) is 6.42 Å². The van der Waals surface area contributed by atoms with Crippen molar-refractivity contribution in [1.29, 1.82) is 0 Å². The Morgan fingerprint density at radius 2 is 1.82 bits per heavy atom. The van der Waals surface area contributed by atoms with E-state index < -0.39 is 0 Å². The number of halogens is 1. The van der Waals surface area contributed by atoms with Crippen LogP contribution in [0.3, 0.4) is 0 Å². The molecule has 5 heteroatoms. The van der Waals surface area contributed by atoms with Crippen LogP contribution >= 0.6 is 11.6 Å². The van der Waals surface area contributed by atoms with Crippen LogP contribution in [0.2, 0.25) is 5.02 Å². The van der Waals surface area contributed by atoms with Crippen molar-refractivity contribution in [3.05, 3.63) is 95.3 Å². The number of methoxy groups -OCH3 is 1. The number of benzene rings is 3. The molecule has 28 heavy (non-hydrogen) atoms. The van der Waals surface area contributed by atoms with E-state index in [0.717, 1.165) is 34.9 Å². The van der Waals surface area contributed by atoms with E-state index in [1.54, 1.807) is 19.5 Å². The first-order valence-corrected chi connectivity index (χ1v) is 9.37. The summed E-state index contributed by atoms with van der Waals surface area (Å²) in [6, 6.07) is 22.5. The van der Waals surface area contributed by atoms with Gasteiger partial charge in [-0.05, 0) is 59.5 Å². The lowest BCUT2D eigenvalue weighted by atomic mass is 9.98. The fraction of sp³-hybridized carbons (Fsp3) is 0.0870. The molecule has 140 valence electrons. The van der Waals surface area contributed by atoms with Gasteiger partial charge < -0.3 is 15.0 Å². The van der Waals surface area contributed by atoms with Crippen LogP contribution in [0.25, 0.3) is 11.1 Å². The molecule has 1 heterocycles. The van der Waals surface area contributed by atoms with E-state index in [9.17, 15) is 0 Å². The van der Waals surface area contributed by atoms with Gasteiger partial charge in [-0.15, -0.1) is 0 Å². The standard InChI is InChI=1S/C23H20ClN3O/c1-28-22-10-7-17(14-21(22)18-3-2-4-19(24)15-18)13-16-5-8-20(9-6-16)27-23-25-11-12-26-23/h2-12,14-15H,13H2,1H3,(H2,25,26,27). The van der Waals surface area contributed by atoms with Gasteiger partial charge in [0.25, 0.3) is 0 Å². The number of imidazole rings is 1. The third-order valence-corrected chi connectivity index (χ3v) is 4.76. The minimum absolute atomic E-state index is 0.713. The second kappa shape index (κ2) is 8.19. The normalized spacial score (nSPS) is 10.6. The Kier molecular flexibility index (Phi) is 5.31. The van der Waals surface area contributed by atoms with Gasteiger partial charge in [-0.25, -0.2) is 4.98 Å². The summed E-state index contributed by atoms with van der Waals surface area (Å²) in [5, 5.41) is 3.94. The van der Waals surface area contributed by atoms with Gasteiger partial charge in [-0.1, -0.05) is 41.9 Å². The predicted octanol–water partition coefficient (Wildman–Crippen LogP) is 6.07. The second-order valence-corrected chi connectivity index (χ2v) is 6.92. The van der Waals surface area contributed by atoms with Gasteiger partial charge in [0.05, 0.1) is 7.11 Å². The van der Waals surface area contributed by atoms with Crippen LogP contribution in [0.15, 0.2) is 79.1 Å². The number of aromatic amines is 1. The minimum atomic E-state index is 0.713. The van der Waals surface area contributed by atoms with Crippen molar-refractivity contribution < 1.29 is 4.74 Å². The number of rotatable bonds is 6. The molecule has 0 spiro atoms. The van der Waals surface area contributed by atoms with E-state index in [4.69, 9.17) is 16.3 Å². The predicted molar refractivity (Wildman–Crippen MR) is 115 cm³/mol. The first-order chi connectivity index (χ1) is 13.7. The lowest BCUT2D eigenvalue weighted by Gasteiger charge is -2.12. The summed E-state index contributed by atoms with van der Waals surface area (Å²) in [6.07, 6.45) is 4.34. The Bertz CT molecular complexity index is 1060. The first-order valence-electron chi connectivity index (χ1n) is 8.99. The molecule has 0 bridgehead atoms. The Morgan fingerprint density at radius 3 is 2.54 bits per heavy atom. The van der Waals surface area contributed by atoms with E-state index >= 15 is 0 Å². The summed E-state index contributed by atoms with van der Waals surface area (Å²) >= 11 is 6.17. The maximum absolute atomic E-state index is 6.17. The van der Waals surface area contributed by atoms with Crippen LogP contribution < -0.4 is 10.1 Å². The largest absolute Gasteiger partial charge is 0.496 e. The number of hydrogen-bond acceptors (Lipinski definition) is 3.